The summed E-state index contributed by atoms with van der Waals surface area (Å²) in [5, 5.41) is 0. The largest absolute Gasteiger partial charge is 0.330 e. The normalized spacial score (nSPS) is 10.2. The Kier molecular flexibility index (Phi) is 10.3. The van der Waals surface area contributed by atoms with Crippen molar-refractivity contribution in [2.45, 2.75) is 12.8 Å². The first kappa shape index (κ1) is 10.7. The number of rotatable bonds is 7. The van der Waals surface area contributed by atoms with E-state index in [2.05, 4.69) is 6.26 Å². The van der Waals surface area contributed by atoms with Crippen molar-refractivity contribution in [2.75, 3.05) is 30.1 Å². The lowest BCUT2D eigenvalue weighted by Crippen LogP contribution is -1.99. The predicted molar refractivity (Wildman–Crippen MR) is 54.0 cm³/mol. The Hall–Kier alpha value is 0.660. The fourth-order valence-corrected chi connectivity index (χ4v) is 2.13. The van der Waals surface area contributed by atoms with Crippen LogP contribution >= 0.6 is 23.5 Å². The Labute approximate surface area is 72.5 Å². The van der Waals surface area contributed by atoms with E-state index in [0.29, 0.717) is 0 Å². The Morgan fingerprint density at radius 3 is 2.40 bits per heavy atom. The minimum atomic E-state index is 0.843. The average Bonchev–Trinajstić information content (AvgIpc) is 1.97. The highest BCUT2D eigenvalue weighted by Crippen LogP contribution is 2.06. The number of hydrogen-bond acceptors (Lipinski definition) is 3. The molecule has 0 aromatic heterocycles. The maximum atomic E-state index is 5.35. The third-order valence-corrected chi connectivity index (χ3v) is 2.98. The summed E-state index contributed by atoms with van der Waals surface area (Å²) >= 11 is 3.95. The molecule has 62 valence electrons. The standard InChI is InChI=1S/C7H17NS2/c1-9-5-3-7-10-6-2-4-8/h2-8H2,1H3. The minimum Gasteiger partial charge on any atom is -0.330 e. The Bertz CT molecular complexity index is 51.6. The first-order valence-electron chi connectivity index (χ1n) is 3.68. The van der Waals surface area contributed by atoms with E-state index in [1.807, 2.05) is 23.5 Å². The second-order valence-corrected chi connectivity index (χ2v) is 4.31. The van der Waals surface area contributed by atoms with Crippen LogP contribution in [0.25, 0.3) is 0 Å². The fraction of sp³-hybridized carbons (Fsp3) is 1.00. The number of thioether (sulfide) groups is 2. The summed E-state index contributed by atoms with van der Waals surface area (Å²) in [5.74, 6) is 3.85. The van der Waals surface area contributed by atoms with Crippen molar-refractivity contribution in [2.24, 2.45) is 5.73 Å². The zero-order valence-electron chi connectivity index (χ0n) is 6.64. The smallest absolute Gasteiger partial charge is 0.00555 e. The molecule has 0 heterocycles. The first-order chi connectivity index (χ1) is 4.91. The average molecular weight is 179 g/mol. The van der Waals surface area contributed by atoms with Gasteiger partial charge in [0.2, 0.25) is 0 Å². The van der Waals surface area contributed by atoms with Gasteiger partial charge in [-0.25, -0.2) is 0 Å². The van der Waals surface area contributed by atoms with Crippen molar-refractivity contribution in [3.63, 3.8) is 0 Å². The summed E-state index contributed by atoms with van der Waals surface area (Å²) in [6.07, 6.45) is 4.67. The van der Waals surface area contributed by atoms with Gasteiger partial charge < -0.3 is 5.73 Å². The lowest BCUT2D eigenvalue weighted by molar-refractivity contribution is 0.941. The molecule has 0 fully saturated rings. The molecule has 1 nitrogen and oxygen atoms in total. The molecule has 0 amide bonds. The van der Waals surface area contributed by atoms with Gasteiger partial charge in [-0.1, -0.05) is 0 Å². The molecule has 10 heavy (non-hydrogen) atoms. The first-order valence-corrected chi connectivity index (χ1v) is 6.23. The maximum Gasteiger partial charge on any atom is -0.00555 e. The third-order valence-electron chi connectivity index (χ3n) is 1.13. The Balaban J connectivity index is 2.65. The van der Waals surface area contributed by atoms with E-state index >= 15 is 0 Å². The van der Waals surface area contributed by atoms with Crippen LogP contribution in [0.5, 0.6) is 0 Å². The van der Waals surface area contributed by atoms with Crippen molar-refractivity contribution >= 4 is 23.5 Å². The molecule has 0 aromatic rings. The maximum absolute atomic E-state index is 5.35. The van der Waals surface area contributed by atoms with E-state index in [1.54, 1.807) is 0 Å². The summed E-state index contributed by atoms with van der Waals surface area (Å²) in [4.78, 5) is 0. The molecule has 0 spiro atoms. The molecule has 0 rings (SSSR count). The third kappa shape index (κ3) is 8.66. The highest BCUT2D eigenvalue weighted by atomic mass is 32.2. The minimum absolute atomic E-state index is 0.843. The van der Waals surface area contributed by atoms with Crippen LogP contribution in [0.15, 0.2) is 0 Å². The lowest BCUT2D eigenvalue weighted by Gasteiger charge is -1.97. The van der Waals surface area contributed by atoms with Crippen molar-refractivity contribution < 1.29 is 0 Å². The molecule has 0 saturated carbocycles. The highest BCUT2D eigenvalue weighted by Gasteiger charge is 1.87. The molecule has 0 aliphatic heterocycles. The van der Waals surface area contributed by atoms with Gasteiger partial charge in [-0.15, -0.1) is 0 Å². The zero-order chi connectivity index (χ0) is 7.66. The second kappa shape index (κ2) is 9.66. The van der Waals surface area contributed by atoms with Gasteiger partial charge in [0.15, 0.2) is 0 Å². The van der Waals surface area contributed by atoms with Crippen LogP contribution in [-0.4, -0.2) is 30.1 Å². The number of hydrogen-bond donors (Lipinski definition) is 1. The summed E-state index contributed by atoms with van der Waals surface area (Å²) in [6.45, 7) is 0.843. The quantitative estimate of drug-likeness (QED) is 0.604. The van der Waals surface area contributed by atoms with Crippen molar-refractivity contribution in [3.8, 4) is 0 Å². The molecule has 2 N–H and O–H groups in total. The molecular weight excluding hydrogens is 162 g/mol. The summed E-state index contributed by atoms with van der Waals surface area (Å²) in [5.41, 5.74) is 5.35. The van der Waals surface area contributed by atoms with Gasteiger partial charge in [-0.3, -0.25) is 0 Å². The molecule has 0 bridgehead atoms. The van der Waals surface area contributed by atoms with Crippen molar-refractivity contribution in [1.29, 1.82) is 0 Å². The summed E-state index contributed by atoms with van der Waals surface area (Å²) in [7, 11) is 0. The van der Waals surface area contributed by atoms with Crippen molar-refractivity contribution in [3.05, 3.63) is 0 Å². The lowest BCUT2D eigenvalue weighted by atomic mass is 10.5. The Morgan fingerprint density at radius 2 is 1.80 bits per heavy atom. The fourth-order valence-electron chi connectivity index (χ4n) is 0.593. The van der Waals surface area contributed by atoms with Gasteiger partial charge >= 0.3 is 0 Å². The molecule has 3 heteroatoms. The Morgan fingerprint density at radius 1 is 1.10 bits per heavy atom. The van der Waals surface area contributed by atoms with Gasteiger partial charge in [0.25, 0.3) is 0 Å². The molecule has 0 saturated heterocycles. The second-order valence-electron chi connectivity index (χ2n) is 2.10. The number of nitrogens with two attached hydrogens (primary N) is 1. The van der Waals surface area contributed by atoms with Gasteiger partial charge in [0.05, 0.1) is 0 Å². The summed E-state index contributed by atoms with van der Waals surface area (Å²) < 4.78 is 0. The van der Waals surface area contributed by atoms with E-state index in [0.717, 1.165) is 6.54 Å². The van der Waals surface area contributed by atoms with E-state index in [-0.39, 0.29) is 0 Å². The molecular formula is C7H17NS2. The zero-order valence-corrected chi connectivity index (χ0v) is 8.27. The molecule has 0 aliphatic carbocycles. The molecule has 0 atom stereocenters. The topological polar surface area (TPSA) is 26.0 Å². The monoisotopic (exact) mass is 179 g/mol. The van der Waals surface area contributed by atoms with Crippen molar-refractivity contribution in [1.82, 2.24) is 0 Å². The molecule has 0 aromatic carbocycles. The molecule has 0 unspecified atom stereocenters. The van der Waals surface area contributed by atoms with Crippen LogP contribution in [0, 0.1) is 0 Å². The van der Waals surface area contributed by atoms with Gasteiger partial charge in [0, 0.05) is 0 Å². The van der Waals surface area contributed by atoms with Crippen LogP contribution in [0.2, 0.25) is 0 Å². The van der Waals surface area contributed by atoms with Crippen LogP contribution in [0.1, 0.15) is 12.8 Å². The van der Waals surface area contributed by atoms with E-state index in [9.17, 15) is 0 Å². The highest BCUT2D eigenvalue weighted by molar-refractivity contribution is 7.99. The van der Waals surface area contributed by atoms with Crippen LogP contribution < -0.4 is 5.73 Å². The molecule has 0 aliphatic rings. The van der Waals surface area contributed by atoms with E-state index < -0.39 is 0 Å². The molecule has 0 radical (unpaired) electrons. The van der Waals surface area contributed by atoms with E-state index in [4.69, 9.17) is 5.73 Å². The van der Waals surface area contributed by atoms with Gasteiger partial charge in [0.1, 0.15) is 0 Å². The van der Waals surface area contributed by atoms with E-state index in [1.165, 1.54) is 30.1 Å². The van der Waals surface area contributed by atoms with Crippen LogP contribution in [0.4, 0.5) is 0 Å². The van der Waals surface area contributed by atoms with Gasteiger partial charge in [-0.05, 0) is 42.9 Å². The van der Waals surface area contributed by atoms with Crippen LogP contribution in [-0.2, 0) is 0 Å². The van der Waals surface area contributed by atoms with Gasteiger partial charge in [-0.2, -0.15) is 23.5 Å². The predicted octanol–water partition coefficient (Wildman–Crippen LogP) is 1.82. The summed E-state index contributed by atoms with van der Waals surface area (Å²) in [6, 6.07) is 0. The SMILES string of the molecule is CSCCCSCCCN. The van der Waals surface area contributed by atoms with Crippen LogP contribution in [0.3, 0.4) is 0 Å².